The third-order valence-electron chi connectivity index (χ3n) is 3.30. The van der Waals surface area contributed by atoms with Crippen molar-refractivity contribution in [2.75, 3.05) is 14.2 Å². The van der Waals surface area contributed by atoms with E-state index in [9.17, 15) is 4.39 Å². The molecule has 19 heavy (non-hydrogen) atoms. The largest absolute Gasteiger partial charge is 0.494 e. The van der Waals surface area contributed by atoms with Crippen molar-refractivity contribution < 1.29 is 9.13 Å². The second-order valence-corrected chi connectivity index (χ2v) is 5.52. The highest BCUT2D eigenvalue weighted by atomic mass is 32.1. The molecule has 0 aliphatic rings. The molecule has 0 aliphatic carbocycles. The van der Waals surface area contributed by atoms with E-state index in [0.29, 0.717) is 17.9 Å². The lowest BCUT2D eigenvalue weighted by Gasteiger charge is -2.24. The molecule has 1 aromatic heterocycles. The molecular formula is C15H18FNOS. The molecule has 102 valence electrons. The fourth-order valence-electron chi connectivity index (χ4n) is 1.99. The Kier molecular flexibility index (Phi) is 4.56. The van der Waals surface area contributed by atoms with E-state index in [4.69, 9.17) is 4.74 Å². The first-order chi connectivity index (χ1) is 9.13. The number of rotatable bonds is 5. The second kappa shape index (κ2) is 6.17. The van der Waals surface area contributed by atoms with Crippen molar-refractivity contribution in [1.82, 2.24) is 4.90 Å². The molecule has 0 aliphatic heterocycles. The molecule has 4 heteroatoms. The lowest BCUT2D eigenvalue weighted by Crippen LogP contribution is -2.21. The lowest BCUT2D eigenvalue weighted by molar-refractivity contribution is 0.251. The summed E-state index contributed by atoms with van der Waals surface area (Å²) in [6, 6.07) is 9.67. The average molecular weight is 279 g/mol. The van der Waals surface area contributed by atoms with Gasteiger partial charge in [0.1, 0.15) is 0 Å². The standard InChI is InChI=1S/C15H18FNOS/c1-11(14-8-5-9-19-14)17(2)10-12-6-4-7-13(18-3)15(12)16/h4-9,11H,10H2,1-3H3. The maximum atomic E-state index is 14.1. The van der Waals surface area contributed by atoms with Crippen molar-refractivity contribution in [2.45, 2.75) is 19.5 Å². The van der Waals surface area contributed by atoms with Gasteiger partial charge in [-0.05, 0) is 31.5 Å². The number of methoxy groups -OCH3 is 1. The Hall–Kier alpha value is -1.39. The van der Waals surface area contributed by atoms with Crippen LogP contribution in [0.1, 0.15) is 23.4 Å². The van der Waals surface area contributed by atoms with Crippen LogP contribution in [0.2, 0.25) is 0 Å². The number of hydrogen-bond acceptors (Lipinski definition) is 3. The van der Waals surface area contributed by atoms with Crippen molar-refractivity contribution >= 4 is 11.3 Å². The van der Waals surface area contributed by atoms with Crippen LogP contribution in [0.15, 0.2) is 35.7 Å². The maximum Gasteiger partial charge on any atom is 0.169 e. The number of halogens is 1. The quantitative estimate of drug-likeness (QED) is 0.817. The minimum Gasteiger partial charge on any atom is -0.494 e. The molecule has 0 bridgehead atoms. The van der Waals surface area contributed by atoms with Gasteiger partial charge in [-0.15, -0.1) is 11.3 Å². The van der Waals surface area contributed by atoms with E-state index >= 15 is 0 Å². The third-order valence-corrected chi connectivity index (χ3v) is 4.34. The lowest BCUT2D eigenvalue weighted by atomic mass is 10.1. The first-order valence-electron chi connectivity index (χ1n) is 6.18. The molecule has 1 atom stereocenters. The Balaban J connectivity index is 2.13. The first kappa shape index (κ1) is 14.0. The molecule has 0 spiro atoms. The maximum absolute atomic E-state index is 14.1. The average Bonchev–Trinajstić information content (AvgIpc) is 2.94. The molecule has 1 heterocycles. The minimum absolute atomic E-state index is 0.268. The summed E-state index contributed by atoms with van der Waals surface area (Å²) >= 11 is 1.72. The highest BCUT2D eigenvalue weighted by Gasteiger charge is 2.16. The Labute approximate surface area is 117 Å². The van der Waals surface area contributed by atoms with Gasteiger partial charge >= 0.3 is 0 Å². The van der Waals surface area contributed by atoms with E-state index in [-0.39, 0.29) is 11.9 Å². The summed E-state index contributed by atoms with van der Waals surface area (Å²) in [4.78, 5) is 3.41. The van der Waals surface area contributed by atoms with E-state index < -0.39 is 0 Å². The first-order valence-corrected chi connectivity index (χ1v) is 7.06. The van der Waals surface area contributed by atoms with Crippen LogP contribution in [0.4, 0.5) is 4.39 Å². The minimum atomic E-state index is -0.268. The summed E-state index contributed by atoms with van der Waals surface area (Å²) in [6.45, 7) is 2.69. The Bertz CT molecular complexity index is 527. The Morgan fingerprint density at radius 1 is 1.32 bits per heavy atom. The van der Waals surface area contributed by atoms with Gasteiger partial charge in [0.05, 0.1) is 7.11 Å². The molecule has 0 saturated heterocycles. The Morgan fingerprint density at radius 3 is 2.74 bits per heavy atom. The predicted octanol–water partition coefficient (Wildman–Crippen LogP) is 4.09. The topological polar surface area (TPSA) is 12.5 Å². The van der Waals surface area contributed by atoms with E-state index in [1.165, 1.54) is 12.0 Å². The van der Waals surface area contributed by atoms with Gasteiger partial charge in [0.15, 0.2) is 11.6 Å². The molecule has 0 amide bonds. The van der Waals surface area contributed by atoms with E-state index in [2.05, 4.69) is 23.3 Å². The van der Waals surface area contributed by atoms with Crippen LogP contribution in [-0.4, -0.2) is 19.1 Å². The zero-order chi connectivity index (χ0) is 13.8. The van der Waals surface area contributed by atoms with E-state index in [1.807, 2.05) is 19.2 Å². The normalized spacial score (nSPS) is 12.7. The second-order valence-electron chi connectivity index (χ2n) is 4.54. The Morgan fingerprint density at radius 2 is 2.11 bits per heavy atom. The fourth-order valence-corrected chi connectivity index (χ4v) is 2.84. The number of nitrogens with zero attached hydrogens (tertiary/aromatic N) is 1. The van der Waals surface area contributed by atoms with Crippen LogP contribution in [-0.2, 0) is 6.54 Å². The molecule has 2 rings (SSSR count). The highest BCUT2D eigenvalue weighted by Crippen LogP contribution is 2.27. The summed E-state index contributed by atoms with van der Waals surface area (Å²) in [5.41, 5.74) is 0.658. The molecule has 0 fully saturated rings. The zero-order valence-corrected chi connectivity index (χ0v) is 12.2. The summed E-state index contributed by atoms with van der Waals surface area (Å²) in [5, 5.41) is 2.06. The van der Waals surface area contributed by atoms with Crippen molar-refractivity contribution in [3.05, 3.63) is 52.0 Å². The number of thiophene rings is 1. The van der Waals surface area contributed by atoms with Gasteiger partial charge in [0.25, 0.3) is 0 Å². The van der Waals surface area contributed by atoms with Gasteiger partial charge in [-0.3, -0.25) is 4.90 Å². The van der Waals surface area contributed by atoms with Crippen LogP contribution < -0.4 is 4.74 Å². The van der Waals surface area contributed by atoms with Gasteiger partial charge in [0.2, 0.25) is 0 Å². The van der Waals surface area contributed by atoms with E-state index in [0.717, 1.165) is 0 Å². The summed E-state index contributed by atoms with van der Waals surface area (Å²) < 4.78 is 19.1. The fraction of sp³-hybridized carbons (Fsp3) is 0.333. The van der Waals surface area contributed by atoms with Crippen molar-refractivity contribution in [2.24, 2.45) is 0 Å². The van der Waals surface area contributed by atoms with Gasteiger partial charge in [-0.1, -0.05) is 18.2 Å². The molecule has 1 unspecified atom stereocenters. The van der Waals surface area contributed by atoms with Gasteiger partial charge in [0, 0.05) is 23.0 Å². The number of benzene rings is 1. The molecule has 0 saturated carbocycles. The summed E-state index contributed by atoms with van der Waals surface area (Å²) in [7, 11) is 3.49. The van der Waals surface area contributed by atoms with Crippen molar-refractivity contribution in [3.63, 3.8) is 0 Å². The molecule has 1 aromatic carbocycles. The van der Waals surface area contributed by atoms with Gasteiger partial charge in [-0.2, -0.15) is 0 Å². The smallest absolute Gasteiger partial charge is 0.169 e. The van der Waals surface area contributed by atoms with Gasteiger partial charge in [-0.25, -0.2) is 4.39 Å². The molecule has 2 nitrogen and oxygen atoms in total. The van der Waals surface area contributed by atoms with Crippen LogP contribution in [0, 0.1) is 5.82 Å². The molecular weight excluding hydrogens is 261 g/mol. The van der Waals surface area contributed by atoms with Crippen LogP contribution in [0.25, 0.3) is 0 Å². The summed E-state index contributed by atoms with van der Waals surface area (Å²) in [5.74, 6) is 0.0323. The molecule has 2 aromatic rings. The molecule has 0 N–H and O–H groups in total. The van der Waals surface area contributed by atoms with Crippen LogP contribution in [0.5, 0.6) is 5.75 Å². The zero-order valence-electron chi connectivity index (χ0n) is 11.4. The van der Waals surface area contributed by atoms with Crippen molar-refractivity contribution in [1.29, 1.82) is 0 Å². The third kappa shape index (κ3) is 3.14. The van der Waals surface area contributed by atoms with Crippen LogP contribution >= 0.6 is 11.3 Å². The van der Waals surface area contributed by atoms with Gasteiger partial charge < -0.3 is 4.74 Å². The number of ether oxygens (including phenoxy) is 1. The predicted molar refractivity (Wildman–Crippen MR) is 77.2 cm³/mol. The summed E-state index contributed by atoms with van der Waals surface area (Å²) in [6.07, 6.45) is 0. The van der Waals surface area contributed by atoms with E-state index in [1.54, 1.807) is 23.5 Å². The monoisotopic (exact) mass is 279 g/mol. The SMILES string of the molecule is COc1cccc(CN(C)C(C)c2cccs2)c1F. The number of hydrogen-bond donors (Lipinski definition) is 0. The molecule has 0 radical (unpaired) electrons. The highest BCUT2D eigenvalue weighted by molar-refractivity contribution is 7.10. The van der Waals surface area contributed by atoms with Crippen molar-refractivity contribution in [3.8, 4) is 5.75 Å². The van der Waals surface area contributed by atoms with Crippen LogP contribution in [0.3, 0.4) is 0 Å².